The van der Waals surface area contributed by atoms with E-state index in [0.29, 0.717) is 32.7 Å². The van der Waals surface area contributed by atoms with Crippen molar-refractivity contribution in [3.05, 3.63) is 12.2 Å². The fourth-order valence-electron chi connectivity index (χ4n) is 2.22. The molecular formula is C17H33KN2O4. The molecular weight excluding hydrogens is 335 g/mol. The number of aliphatic hydroxyl groups excluding tert-OH is 2. The maximum atomic E-state index is 10.6. The van der Waals surface area contributed by atoms with Crippen LogP contribution in [0.3, 0.4) is 0 Å². The Morgan fingerprint density at radius 2 is 2.00 bits per heavy atom. The third-order valence-electron chi connectivity index (χ3n) is 3.54. The van der Waals surface area contributed by atoms with Crippen LogP contribution in [0.1, 0.15) is 46.0 Å². The predicted octanol–water partition coefficient (Wildman–Crippen LogP) is -3.10. The van der Waals surface area contributed by atoms with Crippen LogP contribution in [0.2, 0.25) is 0 Å². The number of aliphatic carboxylic acids is 1. The minimum atomic E-state index is -1.08. The molecule has 24 heavy (non-hydrogen) atoms. The van der Waals surface area contributed by atoms with E-state index >= 15 is 0 Å². The van der Waals surface area contributed by atoms with Gasteiger partial charge in [0.1, 0.15) is 0 Å². The fourth-order valence-corrected chi connectivity index (χ4v) is 2.22. The van der Waals surface area contributed by atoms with Gasteiger partial charge in [0.05, 0.1) is 12.2 Å². The Kier molecular flexibility index (Phi) is 20.7. The van der Waals surface area contributed by atoms with E-state index in [2.05, 4.69) is 12.2 Å². The molecule has 0 amide bonds. The van der Waals surface area contributed by atoms with E-state index in [1.807, 2.05) is 17.9 Å². The van der Waals surface area contributed by atoms with Crippen molar-refractivity contribution in [2.24, 2.45) is 0 Å². The Labute approximate surface area is 189 Å². The average Bonchev–Trinajstić information content (AvgIpc) is 2.52. The molecule has 7 heteroatoms. The molecule has 0 aromatic heterocycles. The number of nitrogens with zero attached hydrogens (tertiary/aromatic N) is 1. The van der Waals surface area contributed by atoms with E-state index in [0.717, 1.165) is 25.7 Å². The molecule has 0 aromatic rings. The summed E-state index contributed by atoms with van der Waals surface area (Å²) in [7, 11) is 0. The van der Waals surface area contributed by atoms with Crippen molar-refractivity contribution in [2.75, 3.05) is 32.7 Å². The van der Waals surface area contributed by atoms with E-state index in [9.17, 15) is 20.1 Å². The first kappa shape index (κ1) is 26.9. The molecule has 0 aliphatic rings. The summed E-state index contributed by atoms with van der Waals surface area (Å²) >= 11 is 0. The van der Waals surface area contributed by atoms with Gasteiger partial charge in [-0.05, 0) is 19.3 Å². The van der Waals surface area contributed by atoms with Crippen LogP contribution in [-0.4, -0.2) is 66.0 Å². The van der Waals surface area contributed by atoms with Crippen molar-refractivity contribution in [1.82, 2.24) is 10.2 Å². The van der Waals surface area contributed by atoms with Crippen molar-refractivity contribution < 1.29 is 71.5 Å². The molecule has 0 aromatic carbocycles. The van der Waals surface area contributed by atoms with Gasteiger partial charge in [-0.3, -0.25) is 4.90 Å². The Morgan fingerprint density at radius 1 is 1.29 bits per heavy atom. The zero-order valence-corrected chi connectivity index (χ0v) is 18.7. The first-order valence-electron chi connectivity index (χ1n) is 8.65. The molecule has 0 aliphatic carbocycles. The summed E-state index contributed by atoms with van der Waals surface area (Å²) in [4.78, 5) is 12.6. The number of unbranched alkanes of at least 4 members (excludes halogenated alkanes) is 1. The second-order valence-corrected chi connectivity index (χ2v) is 5.83. The average molecular weight is 369 g/mol. The molecule has 0 saturated carbocycles. The normalized spacial score (nSPS) is 13.9. The van der Waals surface area contributed by atoms with Crippen LogP contribution < -0.4 is 61.8 Å². The number of carbonyl (C=O) groups excluding carboxylic acids is 1. The molecule has 0 rings (SSSR count). The van der Waals surface area contributed by atoms with E-state index in [-0.39, 0.29) is 57.8 Å². The Balaban J connectivity index is 0. The van der Waals surface area contributed by atoms with Crippen LogP contribution in [0.25, 0.3) is 0 Å². The smallest absolute Gasteiger partial charge is 0.550 e. The van der Waals surface area contributed by atoms with Crippen LogP contribution >= 0.6 is 0 Å². The van der Waals surface area contributed by atoms with Gasteiger partial charge in [-0.15, -0.1) is 0 Å². The van der Waals surface area contributed by atoms with Gasteiger partial charge in [-0.1, -0.05) is 38.8 Å². The molecule has 136 valence electrons. The standard InChI is InChI=1S/C17H34N2O4.K/c1-3-5-7-15(20)13-18-10-12-19(11-9-17(22)23)14-16(21)8-6-4-2;/h5,7,15-16,18,20-21H,3-4,6,8-14H2,1-2H3,(H,22,23);/q;+1/p-1/b7-5+;. The second-order valence-electron chi connectivity index (χ2n) is 5.83. The first-order valence-corrected chi connectivity index (χ1v) is 8.65. The molecule has 0 heterocycles. The van der Waals surface area contributed by atoms with E-state index < -0.39 is 18.2 Å². The monoisotopic (exact) mass is 368 g/mol. The molecule has 3 N–H and O–H groups in total. The van der Waals surface area contributed by atoms with Gasteiger partial charge >= 0.3 is 51.4 Å². The molecule has 0 bridgehead atoms. The zero-order valence-electron chi connectivity index (χ0n) is 15.5. The molecule has 0 spiro atoms. The number of hydrogen-bond donors (Lipinski definition) is 3. The number of carbonyl (C=O) groups is 1. The van der Waals surface area contributed by atoms with Crippen molar-refractivity contribution >= 4 is 5.97 Å². The Morgan fingerprint density at radius 3 is 2.58 bits per heavy atom. The van der Waals surface area contributed by atoms with Gasteiger partial charge in [0.15, 0.2) is 0 Å². The maximum Gasteiger partial charge on any atom is 1.00 e. The first-order chi connectivity index (χ1) is 11.0. The fraction of sp³-hybridized carbons (Fsp3) is 0.824. The minimum absolute atomic E-state index is 0. The van der Waals surface area contributed by atoms with Crippen molar-refractivity contribution in [1.29, 1.82) is 0 Å². The van der Waals surface area contributed by atoms with E-state index in [4.69, 9.17) is 0 Å². The number of rotatable bonds is 15. The van der Waals surface area contributed by atoms with Gasteiger partial charge < -0.3 is 25.4 Å². The van der Waals surface area contributed by atoms with Gasteiger partial charge in [-0.25, -0.2) is 0 Å². The number of nitrogens with one attached hydrogen (secondary N) is 1. The summed E-state index contributed by atoms with van der Waals surface area (Å²) in [5, 5.41) is 33.4. The number of carboxylic acid groups (broad SMARTS) is 1. The summed E-state index contributed by atoms with van der Waals surface area (Å²) in [5.74, 6) is -1.08. The van der Waals surface area contributed by atoms with Crippen LogP contribution in [0.15, 0.2) is 12.2 Å². The summed E-state index contributed by atoms with van der Waals surface area (Å²) in [6, 6.07) is 0. The predicted molar refractivity (Wildman–Crippen MR) is 89.9 cm³/mol. The topological polar surface area (TPSA) is 95.9 Å². The molecule has 2 atom stereocenters. The summed E-state index contributed by atoms with van der Waals surface area (Å²) < 4.78 is 0. The minimum Gasteiger partial charge on any atom is -0.550 e. The molecule has 0 aliphatic heterocycles. The number of hydrogen-bond acceptors (Lipinski definition) is 6. The summed E-state index contributed by atoms with van der Waals surface area (Å²) in [6.07, 6.45) is 6.30. The number of allylic oxidation sites excluding steroid dienone is 1. The molecule has 2 unspecified atom stereocenters. The largest absolute Gasteiger partial charge is 1.00 e. The third-order valence-corrected chi connectivity index (χ3v) is 3.54. The van der Waals surface area contributed by atoms with Gasteiger partial charge in [0.25, 0.3) is 0 Å². The van der Waals surface area contributed by atoms with Gasteiger partial charge in [0.2, 0.25) is 0 Å². The van der Waals surface area contributed by atoms with Crippen molar-refractivity contribution in [3.8, 4) is 0 Å². The maximum absolute atomic E-state index is 10.6. The van der Waals surface area contributed by atoms with Crippen molar-refractivity contribution in [3.63, 3.8) is 0 Å². The molecule has 0 fully saturated rings. The van der Waals surface area contributed by atoms with Crippen LogP contribution in [-0.2, 0) is 4.79 Å². The van der Waals surface area contributed by atoms with Gasteiger partial charge in [0, 0.05) is 38.7 Å². The Bertz CT molecular complexity index is 330. The molecule has 6 nitrogen and oxygen atoms in total. The zero-order chi connectivity index (χ0) is 17.5. The summed E-state index contributed by atoms with van der Waals surface area (Å²) in [6.45, 7) is 6.63. The summed E-state index contributed by atoms with van der Waals surface area (Å²) in [5.41, 5.74) is 0. The Hall–Kier alpha value is 0.686. The van der Waals surface area contributed by atoms with Crippen LogP contribution in [0.4, 0.5) is 0 Å². The molecule has 0 radical (unpaired) electrons. The SMILES string of the molecule is CC/C=C/C(O)CNCCN(CCC(=O)[O-])CC(O)CCCC.[K+]. The van der Waals surface area contributed by atoms with E-state index in [1.54, 1.807) is 6.08 Å². The number of aliphatic hydroxyl groups is 2. The van der Waals surface area contributed by atoms with Crippen molar-refractivity contribution in [2.45, 2.75) is 58.2 Å². The van der Waals surface area contributed by atoms with Crippen LogP contribution in [0, 0.1) is 0 Å². The van der Waals surface area contributed by atoms with Gasteiger partial charge in [-0.2, -0.15) is 0 Å². The number of carboxylic acids is 1. The molecule has 0 saturated heterocycles. The second kappa shape index (κ2) is 18.5. The quantitative estimate of drug-likeness (QED) is 0.161. The third kappa shape index (κ3) is 17.5. The van der Waals surface area contributed by atoms with Crippen LogP contribution in [0.5, 0.6) is 0 Å². The van der Waals surface area contributed by atoms with E-state index in [1.165, 1.54) is 0 Å².